The number of halogens is 3. The van der Waals surface area contributed by atoms with Crippen LogP contribution in [0.2, 0.25) is 5.02 Å². The molecule has 0 aliphatic heterocycles. The first-order valence-electron chi connectivity index (χ1n) is 8.59. The lowest BCUT2D eigenvalue weighted by Crippen LogP contribution is -2.17. The third kappa shape index (κ3) is 4.84. The van der Waals surface area contributed by atoms with E-state index in [2.05, 4.69) is 10.4 Å². The van der Waals surface area contributed by atoms with Crippen LogP contribution < -0.4 is 10.5 Å². The molecule has 0 spiro atoms. The molecule has 1 amide bonds. The number of aromatic nitrogens is 2. The predicted octanol–water partition coefficient (Wildman–Crippen LogP) is 3.74. The first-order chi connectivity index (χ1) is 14.1. The highest BCUT2D eigenvalue weighted by Crippen LogP contribution is 2.30. The Morgan fingerprint density at radius 1 is 1.30 bits per heavy atom. The zero-order chi connectivity index (χ0) is 22.1. The number of carbonyl (C=O) groups is 1. The Hall–Kier alpha value is -2.82. The van der Waals surface area contributed by atoms with Crippen molar-refractivity contribution in [1.82, 2.24) is 9.78 Å². The van der Waals surface area contributed by atoms with Crippen molar-refractivity contribution < 1.29 is 22.0 Å². The average Bonchev–Trinajstić information content (AvgIpc) is 3.15. The van der Waals surface area contributed by atoms with E-state index in [0.717, 1.165) is 18.0 Å². The fourth-order valence-corrected chi connectivity index (χ4v) is 3.86. The summed E-state index contributed by atoms with van der Waals surface area (Å²) in [7, 11) is -4.22. The molecular formula is C19H17ClF2N4O3S. The van der Waals surface area contributed by atoms with E-state index in [-0.39, 0.29) is 28.1 Å². The van der Waals surface area contributed by atoms with Crippen molar-refractivity contribution in [3.8, 4) is 11.1 Å². The van der Waals surface area contributed by atoms with Crippen molar-refractivity contribution in [2.45, 2.75) is 24.8 Å². The van der Waals surface area contributed by atoms with Crippen LogP contribution in [0.15, 0.2) is 53.7 Å². The normalized spacial score (nSPS) is 11.7. The summed E-state index contributed by atoms with van der Waals surface area (Å²) >= 11 is 6.20. The fourth-order valence-electron chi connectivity index (χ4n) is 2.88. The van der Waals surface area contributed by atoms with Gasteiger partial charge in [0, 0.05) is 28.0 Å². The van der Waals surface area contributed by atoms with Gasteiger partial charge < -0.3 is 5.32 Å². The molecule has 0 fully saturated rings. The third-order valence-electron chi connectivity index (χ3n) is 4.31. The smallest absolute Gasteiger partial charge is 0.326 e. The molecule has 3 rings (SSSR count). The van der Waals surface area contributed by atoms with E-state index >= 15 is 0 Å². The van der Waals surface area contributed by atoms with Crippen LogP contribution in [-0.4, -0.2) is 24.1 Å². The number of carbonyl (C=O) groups excluding carboxylic acids is 1. The van der Waals surface area contributed by atoms with Gasteiger partial charge in [-0.25, -0.2) is 18.2 Å². The summed E-state index contributed by atoms with van der Waals surface area (Å²) in [5, 5.41) is 11.9. The number of amides is 1. The number of nitrogens with zero attached hydrogens (tertiary/aromatic N) is 2. The van der Waals surface area contributed by atoms with Crippen LogP contribution in [0.25, 0.3) is 11.1 Å². The predicted molar refractivity (Wildman–Crippen MR) is 109 cm³/mol. The van der Waals surface area contributed by atoms with Gasteiger partial charge in [0.1, 0.15) is 0 Å². The van der Waals surface area contributed by atoms with Crippen molar-refractivity contribution in [3.63, 3.8) is 0 Å². The van der Waals surface area contributed by atoms with Gasteiger partial charge in [-0.3, -0.25) is 4.79 Å². The number of alkyl halides is 2. The Bertz CT molecular complexity index is 1210. The Balaban J connectivity index is 1.89. The molecule has 0 atom stereocenters. The van der Waals surface area contributed by atoms with Gasteiger partial charge in [-0.15, -0.1) is 0 Å². The number of sulfonamides is 1. The molecular weight excluding hydrogens is 438 g/mol. The zero-order valence-corrected chi connectivity index (χ0v) is 17.2. The van der Waals surface area contributed by atoms with Crippen molar-refractivity contribution in [2.75, 3.05) is 5.32 Å². The second kappa shape index (κ2) is 8.50. The largest absolute Gasteiger partial charge is 0.333 e. The molecule has 1 heterocycles. The number of primary sulfonamides is 1. The molecule has 0 aliphatic carbocycles. The average molecular weight is 455 g/mol. The topological polar surface area (TPSA) is 107 Å². The molecule has 7 nitrogen and oxygen atoms in total. The first kappa shape index (κ1) is 21.9. The summed E-state index contributed by atoms with van der Waals surface area (Å²) in [5.74, 6) is -0.416. The van der Waals surface area contributed by atoms with Crippen LogP contribution in [0.4, 0.5) is 14.5 Å². The standard InChI is InChI=1S/C19H17ClF2N4O3S/c1-11-3-2-4-12(18(11)20)7-17(27)25-14-5-6-15(16(8-14)30(23,28)29)13-9-24-26(10-13)19(21)22/h2-6,8-10,19H,7H2,1H3,(H,25,27)(H2,23,28,29). The summed E-state index contributed by atoms with van der Waals surface area (Å²) in [4.78, 5) is 12.1. The molecule has 0 aliphatic rings. The zero-order valence-electron chi connectivity index (χ0n) is 15.6. The molecule has 0 saturated heterocycles. The summed E-state index contributed by atoms with van der Waals surface area (Å²) in [6, 6.07) is 9.28. The van der Waals surface area contributed by atoms with Crippen molar-refractivity contribution in [3.05, 3.63) is 64.9 Å². The number of hydrogen-bond donors (Lipinski definition) is 2. The maximum atomic E-state index is 12.8. The van der Waals surface area contributed by atoms with Gasteiger partial charge in [0.2, 0.25) is 15.9 Å². The summed E-state index contributed by atoms with van der Waals surface area (Å²) in [6.45, 7) is -1.06. The van der Waals surface area contributed by atoms with Crippen molar-refractivity contribution in [1.29, 1.82) is 0 Å². The van der Waals surface area contributed by atoms with Crippen LogP contribution >= 0.6 is 11.6 Å². The van der Waals surface area contributed by atoms with Gasteiger partial charge in [0.05, 0.1) is 17.5 Å². The van der Waals surface area contributed by atoms with Crippen molar-refractivity contribution >= 4 is 33.2 Å². The maximum absolute atomic E-state index is 12.8. The molecule has 2 aromatic carbocycles. The number of nitrogens with two attached hydrogens (primary N) is 1. The van der Waals surface area contributed by atoms with E-state index in [1.54, 1.807) is 12.1 Å². The SMILES string of the molecule is Cc1cccc(CC(=O)Nc2ccc(-c3cnn(C(F)F)c3)c(S(N)(=O)=O)c2)c1Cl. The van der Waals surface area contributed by atoms with E-state index in [1.165, 1.54) is 18.2 Å². The van der Waals surface area contributed by atoms with Gasteiger partial charge >= 0.3 is 6.55 Å². The molecule has 1 aromatic heterocycles. The lowest BCUT2D eigenvalue weighted by Gasteiger charge is -2.11. The van der Waals surface area contributed by atoms with E-state index in [4.69, 9.17) is 16.7 Å². The number of rotatable bonds is 6. The maximum Gasteiger partial charge on any atom is 0.333 e. The molecule has 3 aromatic rings. The number of benzene rings is 2. The second-order valence-electron chi connectivity index (χ2n) is 6.52. The van der Waals surface area contributed by atoms with Crippen LogP contribution in [0, 0.1) is 6.92 Å². The van der Waals surface area contributed by atoms with Gasteiger partial charge in [-0.2, -0.15) is 13.9 Å². The number of nitrogens with one attached hydrogen (secondary N) is 1. The van der Waals surface area contributed by atoms with Gasteiger partial charge in [0.15, 0.2) is 0 Å². The minimum absolute atomic E-state index is 0.0197. The molecule has 0 radical (unpaired) electrons. The van der Waals surface area contributed by atoms with Crippen LogP contribution in [-0.2, 0) is 21.2 Å². The highest BCUT2D eigenvalue weighted by molar-refractivity contribution is 7.89. The summed E-state index contributed by atoms with van der Waals surface area (Å²) in [5.41, 5.74) is 1.86. The van der Waals surface area contributed by atoms with Gasteiger partial charge in [-0.05, 0) is 30.2 Å². The summed E-state index contributed by atoms with van der Waals surface area (Å²) < 4.78 is 50.0. The van der Waals surface area contributed by atoms with E-state index in [9.17, 15) is 22.0 Å². The molecule has 11 heteroatoms. The highest BCUT2D eigenvalue weighted by atomic mass is 35.5. The molecule has 3 N–H and O–H groups in total. The quantitative estimate of drug-likeness (QED) is 0.591. The molecule has 158 valence electrons. The van der Waals surface area contributed by atoms with Crippen molar-refractivity contribution in [2.24, 2.45) is 5.14 Å². The Labute approximate surface area is 176 Å². The highest BCUT2D eigenvalue weighted by Gasteiger charge is 2.19. The molecule has 30 heavy (non-hydrogen) atoms. The van der Waals surface area contributed by atoms with Crippen LogP contribution in [0.5, 0.6) is 0 Å². The molecule has 0 bridgehead atoms. The minimum atomic E-state index is -4.22. The van der Waals surface area contributed by atoms with Crippen LogP contribution in [0.3, 0.4) is 0 Å². The third-order valence-corrected chi connectivity index (χ3v) is 5.80. The summed E-state index contributed by atoms with van der Waals surface area (Å²) in [6.07, 6.45) is 2.09. The van der Waals surface area contributed by atoms with E-state index < -0.39 is 22.5 Å². The number of aryl methyl sites for hydroxylation is 1. The lowest BCUT2D eigenvalue weighted by molar-refractivity contribution is -0.115. The van der Waals surface area contributed by atoms with E-state index in [1.807, 2.05) is 13.0 Å². The van der Waals surface area contributed by atoms with E-state index in [0.29, 0.717) is 15.3 Å². The fraction of sp³-hybridized carbons (Fsp3) is 0.158. The van der Waals surface area contributed by atoms with Gasteiger partial charge in [0.25, 0.3) is 0 Å². The molecule has 0 unspecified atom stereocenters. The second-order valence-corrected chi connectivity index (χ2v) is 8.42. The Morgan fingerprint density at radius 3 is 2.67 bits per heavy atom. The van der Waals surface area contributed by atoms with Crippen LogP contribution in [0.1, 0.15) is 17.7 Å². The monoisotopic (exact) mass is 454 g/mol. The Morgan fingerprint density at radius 2 is 2.03 bits per heavy atom. The number of anilines is 1. The van der Waals surface area contributed by atoms with Gasteiger partial charge in [-0.1, -0.05) is 35.9 Å². The Kier molecular flexibility index (Phi) is 6.20. The number of hydrogen-bond acceptors (Lipinski definition) is 4. The lowest BCUT2D eigenvalue weighted by atomic mass is 10.1. The molecule has 0 saturated carbocycles. The minimum Gasteiger partial charge on any atom is -0.326 e. The first-order valence-corrected chi connectivity index (χ1v) is 10.5.